The number of pyridine rings is 1. The molecule has 2 aromatic rings. The third-order valence-electron chi connectivity index (χ3n) is 2.56. The second kappa shape index (κ2) is 5.83. The molecule has 2 rings (SSSR count). The smallest absolute Gasteiger partial charge is 0.354 e. The monoisotopic (exact) mass is 272 g/mol. The number of hydrogen-bond donors (Lipinski definition) is 2. The minimum absolute atomic E-state index is 0.136. The minimum Gasteiger partial charge on any atom is -0.496 e. The molecule has 20 heavy (non-hydrogen) atoms. The summed E-state index contributed by atoms with van der Waals surface area (Å²) in [5.74, 6) is -0.976. The van der Waals surface area contributed by atoms with Gasteiger partial charge in [-0.3, -0.25) is 4.79 Å². The summed E-state index contributed by atoms with van der Waals surface area (Å²) in [7, 11) is 1.47. The molecule has 6 nitrogen and oxygen atoms in total. The number of anilines is 1. The lowest BCUT2D eigenvalue weighted by molar-refractivity contribution is 0.0690. The van der Waals surface area contributed by atoms with Crippen molar-refractivity contribution >= 4 is 17.7 Å². The Kier molecular flexibility index (Phi) is 3.95. The number of hydrogen-bond acceptors (Lipinski definition) is 4. The largest absolute Gasteiger partial charge is 0.496 e. The predicted octanol–water partition coefficient (Wildman–Crippen LogP) is 2.04. The summed E-state index contributed by atoms with van der Waals surface area (Å²) < 4.78 is 5.09. The molecule has 0 aliphatic rings. The Morgan fingerprint density at radius 2 is 1.90 bits per heavy atom. The highest BCUT2D eigenvalue weighted by Crippen LogP contribution is 2.18. The molecule has 0 bridgehead atoms. The maximum atomic E-state index is 12.1. The number of nitrogens with one attached hydrogen (secondary N) is 1. The highest BCUT2D eigenvalue weighted by atomic mass is 16.5. The number of carbonyl (C=O) groups excluding carboxylic acids is 1. The van der Waals surface area contributed by atoms with Crippen LogP contribution in [0.15, 0.2) is 42.5 Å². The van der Waals surface area contributed by atoms with Gasteiger partial charge in [0.25, 0.3) is 5.91 Å². The van der Waals surface area contributed by atoms with E-state index in [9.17, 15) is 9.59 Å². The fraction of sp³-hybridized carbons (Fsp3) is 0.0714. The second-order valence-corrected chi connectivity index (χ2v) is 3.87. The molecule has 1 aromatic heterocycles. The van der Waals surface area contributed by atoms with Crippen molar-refractivity contribution in [3.05, 3.63) is 53.7 Å². The quantitative estimate of drug-likeness (QED) is 0.889. The Labute approximate surface area is 115 Å². The van der Waals surface area contributed by atoms with Crippen LogP contribution in [0.1, 0.15) is 20.8 Å². The number of benzene rings is 1. The lowest BCUT2D eigenvalue weighted by Gasteiger charge is -2.08. The SMILES string of the molecule is COc1ccccc1C(=O)Nc1cccc(C(=O)O)n1. The number of carbonyl (C=O) groups is 2. The molecule has 1 aromatic carbocycles. The lowest BCUT2D eigenvalue weighted by atomic mass is 10.2. The maximum absolute atomic E-state index is 12.1. The van der Waals surface area contributed by atoms with Gasteiger partial charge in [-0.1, -0.05) is 18.2 Å². The Morgan fingerprint density at radius 3 is 2.60 bits per heavy atom. The molecule has 0 saturated carbocycles. The number of ether oxygens (including phenoxy) is 1. The first-order chi connectivity index (χ1) is 9.61. The first-order valence-corrected chi connectivity index (χ1v) is 5.76. The Balaban J connectivity index is 2.23. The summed E-state index contributed by atoms with van der Waals surface area (Å²) >= 11 is 0. The topological polar surface area (TPSA) is 88.5 Å². The van der Waals surface area contributed by atoms with Crippen LogP contribution in [0.2, 0.25) is 0 Å². The molecule has 1 amide bonds. The molecule has 102 valence electrons. The van der Waals surface area contributed by atoms with Crippen LogP contribution in [0, 0.1) is 0 Å². The van der Waals surface area contributed by atoms with Crippen LogP contribution in [0.4, 0.5) is 5.82 Å². The predicted molar refractivity (Wildman–Crippen MR) is 72.1 cm³/mol. The fourth-order valence-corrected chi connectivity index (χ4v) is 1.64. The number of nitrogens with zero attached hydrogens (tertiary/aromatic N) is 1. The van der Waals surface area contributed by atoms with E-state index >= 15 is 0 Å². The van der Waals surface area contributed by atoms with Crippen molar-refractivity contribution in [2.45, 2.75) is 0 Å². The summed E-state index contributed by atoms with van der Waals surface area (Å²) in [5, 5.41) is 11.4. The van der Waals surface area contributed by atoms with Gasteiger partial charge in [0.2, 0.25) is 0 Å². The normalized spacial score (nSPS) is 9.85. The summed E-state index contributed by atoms with van der Waals surface area (Å²) in [6.45, 7) is 0. The summed E-state index contributed by atoms with van der Waals surface area (Å²) in [6.07, 6.45) is 0. The van der Waals surface area contributed by atoms with E-state index in [1.165, 1.54) is 25.3 Å². The molecule has 0 aliphatic heterocycles. The molecular formula is C14H12N2O4. The number of carboxylic acids is 1. The van der Waals surface area contributed by atoms with Gasteiger partial charge >= 0.3 is 5.97 Å². The van der Waals surface area contributed by atoms with E-state index in [-0.39, 0.29) is 11.5 Å². The molecule has 0 unspecified atom stereocenters. The number of amides is 1. The Hall–Kier alpha value is -2.89. The average molecular weight is 272 g/mol. The molecule has 0 fully saturated rings. The molecule has 0 aliphatic carbocycles. The van der Waals surface area contributed by atoms with Crippen LogP contribution in [0.3, 0.4) is 0 Å². The molecule has 0 radical (unpaired) electrons. The van der Waals surface area contributed by atoms with E-state index in [1.54, 1.807) is 24.3 Å². The van der Waals surface area contributed by atoms with Crippen molar-refractivity contribution in [1.29, 1.82) is 0 Å². The van der Waals surface area contributed by atoms with Gasteiger partial charge in [0.05, 0.1) is 12.7 Å². The third-order valence-corrected chi connectivity index (χ3v) is 2.56. The van der Waals surface area contributed by atoms with Crippen LogP contribution in [-0.4, -0.2) is 29.1 Å². The fourth-order valence-electron chi connectivity index (χ4n) is 1.64. The van der Waals surface area contributed by atoms with Crippen LogP contribution in [-0.2, 0) is 0 Å². The minimum atomic E-state index is -1.15. The highest BCUT2D eigenvalue weighted by Gasteiger charge is 2.13. The van der Waals surface area contributed by atoms with Crippen molar-refractivity contribution < 1.29 is 19.4 Å². The van der Waals surface area contributed by atoms with Gasteiger partial charge in [0.1, 0.15) is 11.6 Å². The van der Waals surface area contributed by atoms with E-state index in [0.29, 0.717) is 11.3 Å². The standard InChI is InChI=1S/C14H12N2O4/c1-20-11-7-3-2-5-9(11)13(17)16-12-8-4-6-10(15-12)14(18)19/h2-8H,1H3,(H,18,19)(H,15,16,17). The van der Waals surface area contributed by atoms with Crippen LogP contribution in [0.5, 0.6) is 5.75 Å². The number of aromatic carboxylic acids is 1. The Bertz CT molecular complexity index is 655. The van der Waals surface area contributed by atoms with E-state index in [4.69, 9.17) is 9.84 Å². The molecule has 0 saturated heterocycles. The molecule has 2 N–H and O–H groups in total. The van der Waals surface area contributed by atoms with Crippen molar-refractivity contribution in [2.75, 3.05) is 12.4 Å². The number of carboxylic acid groups (broad SMARTS) is 1. The number of methoxy groups -OCH3 is 1. The van der Waals surface area contributed by atoms with Gasteiger partial charge in [0, 0.05) is 0 Å². The first-order valence-electron chi connectivity index (χ1n) is 5.76. The molecule has 6 heteroatoms. The zero-order chi connectivity index (χ0) is 14.5. The first kappa shape index (κ1) is 13.5. The number of para-hydroxylation sites is 1. The lowest BCUT2D eigenvalue weighted by Crippen LogP contribution is -2.15. The highest BCUT2D eigenvalue weighted by molar-refractivity contribution is 6.05. The molecule has 1 heterocycles. The third kappa shape index (κ3) is 2.92. The van der Waals surface area contributed by atoms with Crippen molar-refractivity contribution in [3.8, 4) is 5.75 Å². The van der Waals surface area contributed by atoms with E-state index in [2.05, 4.69) is 10.3 Å². The zero-order valence-corrected chi connectivity index (χ0v) is 10.7. The molecular weight excluding hydrogens is 260 g/mol. The van der Waals surface area contributed by atoms with Gasteiger partial charge in [-0.2, -0.15) is 0 Å². The number of rotatable bonds is 4. The van der Waals surface area contributed by atoms with Gasteiger partial charge < -0.3 is 15.2 Å². The average Bonchev–Trinajstić information content (AvgIpc) is 2.47. The van der Waals surface area contributed by atoms with Gasteiger partial charge in [0.15, 0.2) is 5.69 Å². The molecule has 0 spiro atoms. The van der Waals surface area contributed by atoms with Crippen molar-refractivity contribution in [1.82, 2.24) is 4.98 Å². The van der Waals surface area contributed by atoms with Crippen LogP contribution >= 0.6 is 0 Å². The second-order valence-electron chi connectivity index (χ2n) is 3.87. The van der Waals surface area contributed by atoms with Crippen molar-refractivity contribution in [3.63, 3.8) is 0 Å². The van der Waals surface area contributed by atoms with Crippen molar-refractivity contribution in [2.24, 2.45) is 0 Å². The van der Waals surface area contributed by atoms with Gasteiger partial charge in [-0.05, 0) is 24.3 Å². The summed E-state index contributed by atoms with van der Waals surface area (Å²) in [6, 6.07) is 11.1. The number of aromatic nitrogens is 1. The maximum Gasteiger partial charge on any atom is 0.354 e. The van der Waals surface area contributed by atoms with E-state index in [0.717, 1.165) is 0 Å². The zero-order valence-electron chi connectivity index (χ0n) is 10.7. The summed E-state index contributed by atoms with van der Waals surface area (Å²) in [5.41, 5.74) is 0.209. The van der Waals surface area contributed by atoms with Crippen LogP contribution < -0.4 is 10.1 Å². The molecule has 0 atom stereocenters. The Morgan fingerprint density at radius 1 is 1.15 bits per heavy atom. The van der Waals surface area contributed by atoms with E-state index in [1.807, 2.05) is 0 Å². The summed E-state index contributed by atoms with van der Waals surface area (Å²) in [4.78, 5) is 26.7. The van der Waals surface area contributed by atoms with Crippen LogP contribution in [0.25, 0.3) is 0 Å². The van der Waals surface area contributed by atoms with Gasteiger partial charge in [-0.25, -0.2) is 9.78 Å². The van der Waals surface area contributed by atoms with E-state index < -0.39 is 11.9 Å². The van der Waals surface area contributed by atoms with Gasteiger partial charge in [-0.15, -0.1) is 0 Å².